The molecule has 2 unspecified atom stereocenters. The van der Waals surface area contributed by atoms with Crippen molar-refractivity contribution >= 4 is 25.2 Å². The second kappa shape index (κ2) is 8.98. The first-order chi connectivity index (χ1) is 20.8. The van der Waals surface area contributed by atoms with Crippen molar-refractivity contribution in [2.24, 2.45) is 0 Å². The first-order valence-electron chi connectivity index (χ1n) is 16.0. The maximum Gasteiger partial charge on any atom is 0.494 e. The Morgan fingerprint density at radius 2 is 0.886 bits per heavy atom. The van der Waals surface area contributed by atoms with Crippen LogP contribution >= 0.6 is 0 Å². The molecule has 8 rings (SSSR count). The van der Waals surface area contributed by atoms with Gasteiger partial charge in [-0.3, -0.25) is 0 Å². The molecule has 2 saturated heterocycles. The predicted molar refractivity (Wildman–Crippen MR) is 179 cm³/mol. The van der Waals surface area contributed by atoms with Gasteiger partial charge in [-0.05, 0) is 110 Å². The molecule has 2 aliphatic carbocycles. The van der Waals surface area contributed by atoms with Gasteiger partial charge in [0.2, 0.25) is 0 Å². The Kier molecular flexibility index (Phi) is 5.78. The van der Waals surface area contributed by atoms with E-state index in [1.807, 2.05) is 0 Å². The summed E-state index contributed by atoms with van der Waals surface area (Å²) < 4.78 is 26.5. The monoisotopic (exact) mass is 582 g/mol. The summed E-state index contributed by atoms with van der Waals surface area (Å²) in [5.41, 5.74) is 10.2. The first-order valence-corrected chi connectivity index (χ1v) is 16.0. The Bertz CT molecular complexity index is 1820. The Morgan fingerprint density at radius 3 is 1.34 bits per heavy atom. The fraction of sp³-hybridized carbons (Fsp3) is 0.368. The second-order valence-electron chi connectivity index (χ2n) is 14.7. The molecule has 0 aromatic heterocycles. The molecular weight excluding hydrogens is 542 g/mol. The summed E-state index contributed by atoms with van der Waals surface area (Å²) >= 11 is 0. The van der Waals surface area contributed by atoms with E-state index in [1.54, 1.807) is 0 Å². The molecule has 4 nitrogen and oxygen atoms in total. The summed E-state index contributed by atoms with van der Waals surface area (Å²) in [7, 11) is -0.879. The molecule has 4 aromatic rings. The molecule has 6 heteroatoms. The van der Waals surface area contributed by atoms with Gasteiger partial charge < -0.3 is 18.6 Å². The maximum atomic E-state index is 6.70. The van der Waals surface area contributed by atoms with Crippen molar-refractivity contribution in [1.29, 1.82) is 0 Å². The van der Waals surface area contributed by atoms with Crippen LogP contribution in [0.3, 0.4) is 0 Å². The van der Waals surface area contributed by atoms with Crippen molar-refractivity contribution in [2.45, 2.75) is 89.6 Å². The highest BCUT2D eigenvalue weighted by Crippen LogP contribution is 2.62. The van der Waals surface area contributed by atoms with Gasteiger partial charge in [-0.25, -0.2) is 0 Å². The van der Waals surface area contributed by atoms with Gasteiger partial charge in [-0.1, -0.05) is 91.9 Å². The van der Waals surface area contributed by atoms with E-state index >= 15 is 0 Å². The van der Waals surface area contributed by atoms with E-state index < -0.39 is 36.5 Å². The van der Waals surface area contributed by atoms with Crippen LogP contribution < -0.4 is 10.9 Å². The van der Waals surface area contributed by atoms with E-state index in [0.717, 1.165) is 17.3 Å². The third-order valence-corrected chi connectivity index (χ3v) is 11.7. The minimum Gasteiger partial charge on any atom is -0.399 e. The van der Waals surface area contributed by atoms with Crippen molar-refractivity contribution in [3.05, 3.63) is 107 Å². The zero-order valence-electron chi connectivity index (χ0n) is 27.1. The molecular formula is C38H40B2O4. The van der Waals surface area contributed by atoms with Crippen LogP contribution in [-0.2, 0) is 24.0 Å². The fourth-order valence-electron chi connectivity index (χ4n) is 7.89. The predicted octanol–water partition coefficient (Wildman–Crippen LogP) is 7.02. The Hall–Kier alpha value is -3.15. The third kappa shape index (κ3) is 3.51. The Labute approximate surface area is 262 Å². The van der Waals surface area contributed by atoms with Crippen molar-refractivity contribution in [3.63, 3.8) is 0 Å². The van der Waals surface area contributed by atoms with Crippen LogP contribution in [-0.4, -0.2) is 36.6 Å². The molecule has 44 heavy (non-hydrogen) atoms. The van der Waals surface area contributed by atoms with Crippen LogP contribution in [0.2, 0.25) is 0 Å². The lowest BCUT2D eigenvalue weighted by Crippen LogP contribution is -2.44. The average molecular weight is 582 g/mol. The maximum absolute atomic E-state index is 6.70. The van der Waals surface area contributed by atoms with Gasteiger partial charge in [0, 0.05) is 0 Å². The average Bonchev–Trinajstić information content (AvgIpc) is 3.62. The quantitative estimate of drug-likeness (QED) is 0.210. The lowest BCUT2D eigenvalue weighted by atomic mass is 9.67. The van der Waals surface area contributed by atoms with E-state index in [-0.39, 0.29) is 5.60 Å². The smallest absolute Gasteiger partial charge is 0.399 e. The summed E-state index contributed by atoms with van der Waals surface area (Å²) in [5.74, 6) is 0. The fourth-order valence-corrected chi connectivity index (χ4v) is 7.89. The standard InChI is InChI=1S/C38H40B2O4/c1-9-37(8)36(6,7)43-40(44-37)25-19-21-29-27-15-11-13-17-31(27)38(33(29)23-25)30-16-12-10-14-26(30)28-20-18-24(22-32(28)38)39-41-34(2,3)35(4,5)42-39/h10-23H,9H2,1-8H3. The molecule has 2 aliphatic heterocycles. The van der Waals surface area contributed by atoms with E-state index in [9.17, 15) is 0 Å². The van der Waals surface area contributed by atoms with Gasteiger partial charge in [0.05, 0.1) is 27.8 Å². The third-order valence-electron chi connectivity index (χ3n) is 11.7. The Morgan fingerprint density at radius 1 is 0.477 bits per heavy atom. The molecule has 2 atom stereocenters. The van der Waals surface area contributed by atoms with Gasteiger partial charge in [0.25, 0.3) is 0 Å². The van der Waals surface area contributed by atoms with Crippen LogP contribution in [0.15, 0.2) is 84.9 Å². The van der Waals surface area contributed by atoms with Crippen LogP contribution in [0.4, 0.5) is 0 Å². The first kappa shape index (κ1) is 28.3. The van der Waals surface area contributed by atoms with Crippen molar-refractivity contribution < 1.29 is 18.6 Å². The van der Waals surface area contributed by atoms with Gasteiger partial charge >= 0.3 is 14.2 Å². The topological polar surface area (TPSA) is 36.9 Å². The minimum absolute atomic E-state index is 0.373. The molecule has 222 valence electrons. The number of benzene rings is 4. The number of hydrogen-bond donors (Lipinski definition) is 0. The minimum atomic E-state index is -0.490. The summed E-state index contributed by atoms with van der Waals surface area (Å²) in [6.45, 7) is 17.1. The lowest BCUT2D eigenvalue weighted by molar-refractivity contribution is -0.0118. The molecule has 4 aromatic carbocycles. The number of hydrogen-bond acceptors (Lipinski definition) is 4. The van der Waals surface area contributed by atoms with E-state index in [0.29, 0.717) is 0 Å². The second-order valence-corrected chi connectivity index (χ2v) is 14.7. The molecule has 2 heterocycles. The molecule has 2 fully saturated rings. The summed E-state index contributed by atoms with van der Waals surface area (Å²) in [6, 6.07) is 31.4. The van der Waals surface area contributed by atoms with Gasteiger partial charge in [-0.2, -0.15) is 0 Å². The molecule has 0 radical (unpaired) electrons. The van der Waals surface area contributed by atoms with Crippen molar-refractivity contribution in [2.75, 3.05) is 0 Å². The van der Waals surface area contributed by atoms with Gasteiger partial charge in [0.15, 0.2) is 0 Å². The molecule has 0 bridgehead atoms. The highest BCUT2D eigenvalue weighted by atomic mass is 16.7. The highest BCUT2D eigenvalue weighted by Gasteiger charge is 2.57. The lowest BCUT2D eigenvalue weighted by Gasteiger charge is -2.35. The zero-order valence-corrected chi connectivity index (χ0v) is 27.1. The van der Waals surface area contributed by atoms with Crippen LogP contribution in [0.5, 0.6) is 0 Å². The summed E-state index contributed by atoms with van der Waals surface area (Å²) in [5, 5.41) is 0. The highest BCUT2D eigenvalue weighted by molar-refractivity contribution is 6.62. The normalized spacial score (nSPS) is 26.5. The molecule has 0 saturated carbocycles. The van der Waals surface area contributed by atoms with E-state index in [4.69, 9.17) is 18.6 Å². The molecule has 0 amide bonds. The molecule has 1 spiro atoms. The van der Waals surface area contributed by atoms with E-state index in [2.05, 4.69) is 140 Å². The van der Waals surface area contributed by atoms with E-state index in [1.165, 1.54) is 44.5 Å². The van der Waals surface area contributed by atoms with Crippen molar-refractivity contribution in [1.82, 2.24) is 0 Å². The van der Waals surface area contributed by atoms with Crippen LogP contribution in [0, 0.1) is 0 Å². The zero-order chi connectivity index (χ0) is 30.9. The van der Waals surface area contributed by atoms with Crippen LogP contribution in [0.1, 0.15) is 84.1 Å². The largest absolute Gasteiger partial charge is 0.494 e. The van der Waals surface area contributed by atoms with Gasteiger partial charge in [0.1, 0.15) is 0 Å². The van der Waals surface area contributed by atoms with Crippen molar-refractivity contribution in [3.8, 4) is 22.3 Å². The van der Waals surface area contributed by atoms with Gasteiger partial charge in [-0.15, -0.1) is 0 Å². The number of rotatable bonds is 3. The number of fused-ring (bicyclic) bond motifs is 10. The Balaban J connectivity index is 1.36. The SMILES string of the molecule is CCC1(C)OB(c2ccc3c(c2)C2(c4ccccc4-c4ccc(B5OC(C)(C)C(C)(C)O5)cc42)c2ccccc2-3)OC1(C)C. The molecule has 4 aliphatic rings. The van der Waals surface area contributed by atoms with Crippen LogP contribution in [0.25, 0.3) is 22.3 Å². The summed E-state index contributed by atoms with van der Waals surface area (Å²) in [4.78, 5) is 0. The summed E-state index contributed by atoms with van der Waals surface area (Å²) in [6.07, 6.45) is 0.874. The molecule has 0 N–H and O–H groups in total.